The molecule has 25 heavy (non-hydrogen) atoms. The van der Waals surface area contributed by atoms with Crippen molar-refractivity contribution in [3.8, 4) is 5.75 Å². The molecule has 2 aromatic carbocycles. The Hall–Kier alpha value is -1.82. The summed E-state index contributed by atoms with van der Waals surface area (Å²) in [5.74, 6) is 0.0254. The summed E-state index contributed by atoms with van der Waals surface area (Å²) in [4.78, 5) is 12.0. The molecule has 0 aliphatic carbocycles. The summed E-state index contributed by atoms with van der Waals surface area (Å²) in [6, 6.07) is 10.4. The third-order valence-corrected chi connectivity index (χ3v) is 4.15. The summed E-state index contributed by atoms with van der Waals surface area (Å²) in [5, 5.41) is 6.44. The van der Waals surface area contributed by atoms with E-state index in [0.29, 0.717) is 29.3 Å². The molecule has 3 rings (SSSR count). The first-order valence-corrected chi connectivity index (χ1v) is 8.20. The van der Waals surface area contributed by atoms with E-state index >= 15 is 0 Å². The highest BCUT2D eigenvalue weighted by atomic mass is 35.5. The molecule has 0 unspecified atom stereocenters. The van der Waals surface area contributed by atoms with Crippen molar-refractivity contribution in [2.45, 2.75) is 19.4 Å². The van der Waals surface area contributed by atoms with E-state index in [4.69, 9.17) is 16.3 Å². The summed E-state index contributed by atoms with van der Waals surface area (Å²) in [6.07, 6.45) is 0.769. The Morgan fingerprint density at radius 3 is 2.76 bits per heavy atom. The Labute approximate surface area is 157 Å². The number of hydrogen-bond donors (Lipinski definition) is 2. The zero-order chi connectivity index (χ0) is 16.9. The van der Waals surface area contributed by atoms with Gasteiger partial charge in [-0.25, -0.2) is 4.39 Å². The standard InChI is InChI=1S/C18H18ClFN2O2.ClH/c19-13-2-4-14(5-3-13)24-10-8-17(23)22-16-6-1-12-11-21-9-7-15(12)18(16)20;/h1-6,21H,7-11H2,(H,22,23);1H. The molecule has 0 radical (unpaired) electrons. The Bertz CT molecular complexity index is 739. The Kier molecular flexibility index (Phi) is 7.05. The van der Waals surface area contributed by atoms with Gasteiger partial charge in [-0.15, -0.1) is 12.4 Å². The van der Waals surface area contributed by atoms with Gasteiger partial charge in [-0.3, -0.25) is 4.79 Å². The van der Waals surface area contributed by atoms with Crippen molar-refractivity contribution in [3.05, 3.63) is 58.4 Å². The van der Waals surface area contributed by atoms with Crippen LogP contribution >= 0.6 is 24.0 Å². The average Bonchev–Trinajstić information content (AvgIpc) is 2.59. The maximum atomic E-state index is 14.5. The van der Waals surface area contributed by atoms with Crippen LogP contribution < -0.4 is 15.4 Å². The second-order valence-corrected chi connectivity index (χ2v) is 6.03. The van der Waals surface area contributed by atoms with E-state index in [1.807, 2.05) is 6.07 Å². The molecule has 0 aromatic heterocycles. The number of anilines is 1. The van der Waals surface area contributed by atoms with Gasteiger partial charge in [-0.2, -0.15) is 0 Å². The van der Waals surface area contributed by atoms with Crippen LogP contribution in [0.5, 0.6) is 5.75 Å². The fourth-order valence-corrected chi connectivity index (χ4v) is 2.76. The quantitative estimate of drug-likeness (QED) is 0.820. The summed E-state index contributed by atoms with van der Waals surface area (Å²) < 4.78 is 19.9. The maximum Gasteiger partial charge on any atom is 0.227 e. The predicted molar refractivity (Wildman–Crippen MR) is 99.3 cm³/mol. The normalized spacial score (nSPS) is 12.7. The van der Waals surface area contributed by atoms with Crippen LogP contribution in [0.1, 0.15) is 17.5 Å². The second-order valence-electron chi connectivity index (χ2n) is 5.59. The van der Waals surface area contributed by atoms with E-state index in [0.717, 1.165) is 12.1 Å². The Morgan fingerprint density at radius 2 is 2.00 bits per heavy atom. The van der Waals surface area contributed by atoms with Gasteiger partial charge in [0.2, 0.25) is 5.91 Å². The number of ether oxygens (including phenoxy) is 1. The summed E-state index contributed by atoms with van der Waals surface area (Å²) in [6.45, 7) is 1.62. The minimum absolute atomic E-state index is 0. The van der Waals surface area contributed by atoms with Crippen LogP contribution in [0.15, 0.2) is 36.4 Å². The van der Waals surface area contributed by atoms with E-state index in [-0.39, 0.29) is 42.8 Å². The lowest BCUT2D eigenvalue weighted by molar-refractivity contribution is -0.116. The highest BCUT2D eigenvalue weighted by Gasteiger charge is 2.17. The number of fused-ring (bicyclic) bond motifs is 1. The van der Waals surface area contributed by atoms with Crippen LogP contribution in [0.25, 0.3) is 0 Å². The number of halogens is 3. The molecule has 0 fully saturated rings. The van der Waals surface area contributed by atoms with Crippen LogP contribution in [0, 0.1) is 5.82 Å². The van der Waals surface area contributed by atoms with Gasteiger partial charge in [0, 0.05) is 11.6 Å². The molecule has 2 aromatic rings. The van der Waals surface area contributed by atoms with E-state index in [1.54, 1.807) is 30.3 Å². The molecule has 7 heteroatoms. The summed E-state index contributed by atoms with van der Waals surface area (Å²) in [7, 11) is 0. The molecule has 0 saturated carbocycles. The molecule has 0 spiro atoms. The number of amides is 1. The van der Waals surface area contributed by atoms with Gasteiger partial charge in [0.05, 0.1) is 18.7 Å². The topological polar surface area (TPSA) is 50.4 Å². The molecule has 1 amide bonds. The zero-order valence-corrected chi connectivity index (χ0v) is 15.1. The first-order valence-electron chi connectivity index (χ1n) is 7.82. The summed E-state index contributed by atoms with van der Waals surface area (Å²) in [5.41, 5.74) is 1.86. The number of rotatable bonds is 5. The van der Waals surface area contributed by atoms with E-state index in [1.165, 1.54) is 0 Å². The minimum Gasteiger partial charge on any atom is -0.493 e. The van der Waals surface area contributed by atoms with Crippen molar-refractivity contribution >= 4 is 35.6 Å². The molecule has 1 aliphatic rings. The SMILES string of the molecule is Cl.O=C(CCOc1ccc(Cl)cc1)Nc1ccc2c(c1F)CCNC2. The maximum absolute atomic E-state index is 14.5. The van der Waals surface area contributed by atoms with Crippen molar-refractivity contribution in [1.29, 1.82) is 0 Å². The number of nitrogens with one attached hydrogen (secondary N) is 2. The van der Waals surface area contributed by atoms with Gasteiger partial charge in [-0.1, -0.05) is 17.7 Å². The van der Waals surface area contributed by atoms with Crippen molar-refractivity contribution in [3.63, 3.8) is 0 Å². The van der Waals surface area contributed by atoms with E-state index in [2.05, 4.69) is 10.6 Å². The molecule has 0 saturated heterocycles. The van der Waals surface area contributed by atoms with Crippen LogP contribution in [0.4, 0.5) is 10.1 Å². The Balaban J connectivity index is 0.00000225. The lowest BCUT2D eigenvalue weighted by atomic mass is 9.99. The number of hydrogen-bond acceptors (Lipinski definition) is 3. The number of benzene rings is 2. The van der Waals surface area contributed by atoms with Crippen LogP contribution in [0.3, 0.4) is 0 Å². The fourth-order valence-electron chi connectivity index (χ4n) is 2.64. The highest BCUT2D eigenvalue weighted by Crippen LogP contribution is 2.24. The third kappa shape index (κ3) is 5.08. The van der Waals surface area contributed by atoms with Gasteiger partial charge in [0.25, 0.3) is 0 Å². The fraction of sp³-hybridized carbons (Fsp3) is 0.278. The van der Waals surface area contributed by atoms with Gasteiger partial charge < -0.3 is 15.4 Å². The van der Waals surface area contributed by atoms with Gasteiger partial charge >= 0.3 is 0 Å². The molecule has 4 nitrogen and oxygen atoms in total. The van der Waals surface area contributed by atoms with Crippen LogP contribution in [0.2, 0.25) is 5.02 Å². The number of carbonyl (C=O) groups excluding carboxylic acids is 1. The van der Waals surface area contributed by atoms with E-state index < -0.39 is 0 Å². The molecule has 0 atom stereocenters. The van der Waals surface area contributed by atoms with E-state index in [9.17, 15) is 9.18 Å². The zero-order valence-electron chi connectivity index (χ0n) is 13.5. The second kappa shape index (κ2) is 9.04. The van der Waals surface area contributed by atoms with Gasteiger partial charge in [-0.05, 0) is 54.4 Å². The number of carbonyl (C=O) groups is 1. The Morgan fingerprint density at radius 1 is 1.24 bits per heavy atom. The average molecular weight is 385 g/mol. The van der Waals surface area contributed by atoms with Crippen LogP contribution in [-0.4, -0.2) is 19.1 Å². The summed E-state index contributed by atoms with van der Waals surface area (Å²) >= 11 is 5.79. The first kappa shape index (κ1) is 19.5. The molecule has 1 aliphatic heterocycles. The highest BCUT2D eigenvalue weighted by molar-refractivity contribution is 6.30. The van der Waals surface area contributed by atoms with Crippen molar-refractivity contribution in [2.24, 2.45) is 0 Å². The first-order chi connectivity index (χ1) is 11.6. The third-order valence-electron chi connectivity index (χ3n) is 3.89. The molecule has 0 bridgehead atoms. The lowest BCUT2D eigenvalue weighted by Gasteiger charge is -2.19. The smallest absolute Gasteiger partial charge is 0.227 e. The molecular formula is C18H19Cl2FN2O2. The molecular weight excluding hydrogens is 366 g/mol. The van der Waals surface area contributed by atoms with Crippen molar-refractivity contribution in [2.75, 3.05) is 18.5 Å². The molecule has 1 heterocycles. The molecule has 2 N–H and O–H groups in total. The minimum atomic E-state index is -0.332. The monoisotopic (exact) mass is 384 g/mol. The van der Waals surface area contributed by atoms with Gasteiger partial charge in [0.1, 0.15) is 11.6 Å². The largest absolute Gasteiger partial charge is 0.493 e. The predicted octanol–water partition coefficient (Wildman–Crippen LogP) is 3.95. The van der Waals surface area contributed by atoms with Crippen LogP contribution in [-0.2, 0) is 17.8 Å². The van der Waals surface area contributed by atoms with Crippen molar-refractivity contribution in [1.82, 2.24) is 5.32 Å². The van der Waals surface area contributed by atoms with Gasteiger partial charge in [0.15, 0.2) is 0 Å². The molecule has 134 valence electrons. The lowest BCUT2D eigenvalue weighted by Crippen LogP contribution is -2.25. The van der Waals surface area contributed by atoms with Crippen molar-refractivity contribution < 1.29 is 13.9 Å².